The molecular weight excluding hydrogens is 326 g/mol. The Bertz CT molecular complexity index is 799. The molecule has 7 nitrogen and oxygen atoms in total. The average molecular weight is 341 g/mol. The van der Waals surface area contributed by atoms with E-state index in [4.69, 9.17) is 5.14 Å². The zero-order valence-corrected chi connectivity index (χ0v) is 13.4. The largest absolute Gasteiger partial charge is 0.379 e. The number of nitrogens with zero attached hydrogens (tertiary/aromatic N) is 1. The van der Waals surface area contributed by atoms with Gasteiger partial charge in [0.2, 0.25) is 10.0 Å². The van der Waals surface area contributed by atoms with E-state index in [0.29, 0.717) is 6.54 Å². The van der Waals surface area contributed by atoms with Gasteiger partial charge in [-0.3, -0.25) is 10.1 Å². The molecule has 9 heteroatoms. The van der Waals surface area contributed by atoms with E-state index in [1.165, 1.54) is 10.9 Å². The fourth-order valence-electron chi connectivity index (χ4n) is 1.91. The van der Waals surface area contributed by atoms with Crippen LogP contribution in [-0.4, -0.2) is 13.3 Å². The molecule has 0 aliphatic rings. The van der Waals surface area contributed by atoms with Gasteiger partial charge in [-0.25, -0.2) is 13.6 Å². The fraction of sp³-hybridized carbons (Fsp3) is 0.231. The molecule has 0 aliphatic heterocycles. The highest BCUT2D eigenvalue weighted by molar-refractivity contribution is 7.89. The second kappa shape index (κ2) is 6.42. The van der Waals surface area contributed by atoms with Gasteiger partial charge in [0.1, 0.15) is 4.90 Å². The van der Waals surface area contributed by atoms with E-state index in [0.717, 1.165) is 23.4 Å². The van der Waals surface area contributed by atoms with Crippen LogP contribution in [0.25, 0.3) is 0 Å². The van der Waals surface area contributed by atoms with Gasteiger partial charge in [-0.05, 0) is 24.6 Å². The number of nitrogens with two attached hydrogens (primary N) is 1. The molecule has 3 N–H and O–H groups in total. The number of nitro groups is 1. The summed E-state index contributed by atoms with van der Waals surface area (Å²) in [6.45, 7) is 2.41. The topological polar surface area (TPSA) is 115 Å². The maximum Gasteiger partial charge on any atom is 0.271 e. The molecule has 0 amide bonds. The number of sulfonamides is 1. The number of nitrogens with one attached hydrogen (secondary N) is 1. The summed E-state index contributed by atoms with van der Waals surface area (Å²) < 4.78 is 23.1. The predicted octanol–water partition coefficient (Wildman–Crippen LogP) is 2.48. The maximum atomic E-state index is 11.6. The molecule has 0 spiro atoms. The third-order valence-electron chi connectivity index (χ3n) is 3.00. The van der Waals surface area contributed by atoms with Crippen molar-refractivity contribution in [1.82, 2.24) is 0 Å². The zero-order chi connectivity index (χ0) is 16.3. The minimum absolute atomic E-state index is 0.128. The third-order valence-corrected chi connectivity index (χ3v) is 5.20. The Morgan fingerprint density at radius 3 is 2.50 bits per heavy atom. The lowest BCUT2D eigenvalue weighted by atomic mass is 10.2. The first-order valence-electron chi connectivity index (χ1n) is 6.44. The SMILES string of the molecule is CCc1ccc(CNc2cc([N+](=O)[O-])ccc2S(N)(=O)=O)s1. The molecule has 0 bridgehead atoms. The number of thiophene rings is 1. The van der Waals surface area contributed by atoms with E-state index in [1.807, 2.05) is 19.1 Å². The Kier molecular flexibility index (Phi) is 4.79. The van der Waals surface area contributed by atoms with Crippen molar-refractivity contribution in [3.63, 3.8) is 0 Å². The van der Waals surface area contributed by atoms with Gasteiger partial charge in [0, 0.05) is 28.4 Å². The molecule has 22 heavy (non-hydrogen) atoms. The molecular formula is C13H15N3O4S2. The number of aryl methyl sites for hydroxylation is 1. The number of nitro benzene ring substituents is 1. The molecule has 1 aromatic heterocycles. The van der Waals surface area contributed by atoms with Crippen LogP contribution in [0.3, 0.4) is 0 Å². The number of hydrogen-bond acceptors (Lipinski definition) is 6. The average Bonchev–Trinajstić information content (AvgIpc) is 2.91. The molecule has 0 saturated carbocycles. The van der Waals surface area contributed by atoms with E-state index in [9.17, 15) is 18.5 Å². The zero-order valence-electron chi connectivity index (χ0n) is 11.8. The molecule has 0 aliphatic carbocycles. The molecule has 0 radical (unpaired) electrons. The number of hydrogen-bond donors (Lipinski definition) is 2. The highest BCUT2D eigenvalue weighted by Crippen LogP contribution is 2.27. The highest BCUT2D eigenvalue weighted by Gasteiger charge is 2.18. The summed E-state index contributed by atoms with van der Waals surface area (Å²) in [6, 6.07) is 7.36. The first-order valence-corrected chi connectivity index (χ1v) is 8.80. The van der Waals surface area contributed by atoms with Crippen molar-refractivity contribution in [2.75, 3.05) is 5.32 Å². The minimum atomic E-state index is -3.96. The van der Waals surface area contributed by atoms with Crippen LogP contribution in [0, 0.1) is 10.1 Å². The standard InChI is InChI=1S/C13H15N3O4S2/c1-2-10-4-5-11(21-10)8-15-12-7-9(16(17)18)3-6-13(12)22(14,19)20/h3-7,15H,2,8H2,1H3,(H2,14,19,20). The molecule has 1 aromatic carbocycles. The first-order chi connectivity index (χ1) is 10.3. The van der Waals surface area contributed by atoms with Crippen LogP contribution in [0.4, 0.5) is 11.4 Å². The summed E-state index contributed by atoms with van der Waals surface area (Å²) in [5.41, 5.74) is -0.0709. The molecule has 0 atom stereocenters. The summed E-state index contributed by atoms with van der Waals surface area (Å²) in [4.78, 5) is 12.3. The van der Waals surface area contributed by atoms with Crippen molar-refractivity contribution in [3.05, 3.63) is 50.2 Å². The van der Waals surface area contributed by atoms with Crippen molar-refractivity contribution in [1.29, 1.82) is 0 Å². The number of non-ortho nitro benzene ring substituents is 1. The summed E-state index contributed by atoms with van der Waals surface area (Å²) in [5.74, 6) is 0. The normalized spacial score (nSPS) is 11.4. The van der Waals surface area contributed by atoms with E-state index in [1.54, 1.807) is 11.3 Å². The fourth-order valence-corrected chi connectivity index (χ4v) is 3.50. The Morgan fingerprint density at radius 2 is 1.95 bits per heavy atom. The van der Waals surface area contributed by atoms with E-state index in [2.05, 4.69) is 5.32 Å². The van der Waals surface area contributed by atoms with Gasteiger partial charge in [0.05, 0.1) is 10.6 Å². The van der Waals surface area contributed by atoms with Crippen LogP contribution in [0.1, 0.15) is 16.7 Å². The van der Waals surface area contributed by atoms with E-state index >= 15 is 0 Å². The summed E-state index contributed by atoms with van der Waals surface area (Å²) in [7, 11) is -3.96. The number of rotatable bonds is 6. The van der Waals surface area contributed by atoms with Gasteiger partial charge in [0.15, 0.2) is 0 Å². The van der Waals surface area contributed by atoms with Gasteiger partial charge in [-0.1, -0.05) is 6.92 Å². The van der Waals surface area contributed by atoms with Crippen LogP contribution in [-0.2, 0) is 23.0 Å². The van der Waals surface area contributed by atoms with E-state index in [-0.39, 0.29) is 16.3 Å². The number of anilines is 1. The van der Waals surface area contributed by atoms with Gasteiger partial charge in [0.25, 0.3) is 5.69 Å². The van der Waals surface area contributed by atoms with Crippen LogP contribution < -0.4 is 10.5 Å². The van der Waals surface area contributed by atoms with Gasteiger partial charge in [-0.15, -0.1) is 11.3 Å². The van der Waals surface area contributed by atoms with Gasteiger partial charge < -0.3 is 5.32 Å². The minimum Gasteiger partial charge on any atom is -0.379 e. The van der Waals surface area contributed by atoms with Crippen LogP contribution in [0.15, 0.2) is 35.2 Å². The summed E-state index contributed by atoms with van der Waals surface area (Å²) >= 11 is 1.60. The molecule has 2 rings (SSSR count). The Hall–Kier alpha value is -1.97. The molecule has 0 saturated heterocycles. The number of primary sulfonamides is 1. The lowest BCUT2D eigenvalue weighted by Gasteiger charge is -2.09. The van der Waals surface area contributed by atoms with Crippen molar-refractivity contribution in [2.45, 2.75) is 24.8 Å². The quantitative estimate of drug-likeness (QED) is 0.618. The molecule has 0 unspecified atom stereocenters. The van der Waals surface area contributed by atoms with Gasteiger partial charge >= 0.3 is 0 Å². The lowest BCUT2D eigenvalue weighted by Crippen LogP contribution is -2.15. The first kappa shape index (κ1) is 16.4. The maximum absolute atomic E-state index is 11.6. The lowest BCUT2D eigenvalue weighted by molar-refractivity contribution is -0.384. The highest BCUT2D eigenvalue weighted by atomic mass is 32.2. The second-order valence-electron chi connectivity index (χ2n) is 4.56. The van der Waals surface area contributed by atoms with Crippen molar-refractivity contribution >= 4 is 32.7 Å². The van der Waals surface area contributed by atoms with Crippen LogP contribution >= 0.6 is 11.3 Å². The molecule has 1 heterocycles. The Morgan fingerprint density at radius 1 is 1.27 bits per heavy atom. The predicted molar refractivity (Wildman–Crippen MR) is 85.5 cm³/mol. The van der Waals surface area contributed by atoms with Crippen LogP contribution in [0.5, 0.6) is 0 Å². The van der Waals surface area contributed by atoms with Crippen molar-refractivity contribution in [3.8, 4) is 0 Å². The smallest absolute Gasteiger partial charge is 0.271 e. The third kappa shape index (κ3) is 3.81. The van der Waals surface area contributed by atoms with Gasteiger partial charge in [-0.2, -0.15) is 0 Å². The summed E-state index contributed by atoms with van der Waals surface area (Å²) in [5, 5.41) is 18.9. The molecule has 118 valence electrons. The second-order valence-corrected chi connectivity index (χ2v) is 7.34. The Balaban J connectivity index is 2.30. The number of benzene rings is 1. The molecule has 2 aromatic rings. The monoisotopic (exact) mass is 341 g/mol. The van der Waals surface area contributed by atoms with E-state index < -0.39 is 14.9 Å². The van der Waals surface area contributed by atoms with Crippen molar-refractivity contribution < 1.29 is 13.3 Å². The molecule has 0 fully saturated rings. The Labute approximate surface area is 132 Å². The van der Waals surface area contributed by atoms with Crippen LogP contribution in [0.2, 0.25) is 0 Å². The van der Waals surface area contributed by atoms with Crippen molar-refractivity contribution in [2.24, 2.45) is 5.14 Å². The summed E-state index contributed by atoms with van der Waals surface area (Å²) in [6.07, 6.45) is 0.921.